The highest BCUT2D eigenvalue weighted by Gasteiger charge is 2.47. The fourth-order valence-electron chi connectivity index (χ4n) is 4.48. The number of ketones is 1. The first-order valence-corrected chi connectivity index (χ1v) is 10.9. The fraction of sp³-hybridized carbons (Fsp3) is 0.0714. The Bertz CT molecular complexity index is 1540. The molecule has 2 N–H and O–H groups in total. The molecule has 1 saturated heterocycles. The van der Waals surface area contributed by atoms with Gasteiger partial charge in [-0.3, -0.25) is 14.5 Å². The third kappa shape index (κ3) is 3.86. The van der Waals surface area contributed by atoms with Crippen molar-refractivity contribution in [2.24, 2.45) is 0 Å². The molecule has 0 aromatic heterocycles. The maximum atomic E-state index is 13.4. The lowest BCUT2D eigenvalue weighted by Gasteiger charge is -2.26. The molecule has 0 aliphatic carbocycles. The number of Topliss-reactive ketones (excluding diaryl/α,β-unsaturated/α-hetero) is 1. The zero-order valence-corrected chi connectivity index (χ0v) is 18.5. The number of aromatic hydroxyl groups is 1. The molecule has 1 fully saturated rings. The first-order valence-electron chi connectivity index (χ1n) is 10.9. The molecule has 1 heterocycles. The van der Waals surface area contributed by atoms with Gasteiger partial charge in [0.1, 0.15) is 11.5 Å². The molecule has 0 bridgehead atoms. The largest absolute Gasteiger partial charge is 0.508 e. The van der Waals surface area contributed by atoms with Gasteiger partial charge in [0.15, 0.2) is 0 Å². The van der Waals surface area contributed by atoms with E-state index in [9.17, 15) is 33.0 Å². The number of aliphatic hydroxyl groups is 1. The molecule has 1 amide bonds. The number of anilines is 1. The van der Waals surface area contributed by atoms with Crippen molar-refractivity contribution in [1.29, 1.82) is 0 Å². The number of fused-ring (bicyclic) bond motifs is 1. The van der Waals surface area contributed by atoms with Gasteiger partial charge in [0, 0.05) is 11.3 Å². The molecule has 1 aliphatic rings. The molecule has 1 atom stereocenters. The second kappa shape index (κ2) is 8.57. The van der Waals surface area contributed by atoms with Crippen molar-refractivity contribution in [3.63, 3.8) is 0 Å². The van der Waals surface area contributed by atoms with E-state index in [2.05, 4.69) is 0 Å². The lowest BCUT2D eigenvalue weighted by Crippen LogP contribution is -2.29. The summed E-state index contributed by atoms with van der Waals surface area (Å²) in [6, 6.07) is 20.7. The van der Waals surface area contributed by atoms with Gasteiger partial charge >= 0.3 is 6.18 Å². The predicted molar refractivity (Wildman–Crippen MR) is 128 cm³/mol. The predicted octanol–water partition coefficient (Wildman–Crippen LogP) is 6.19. The van der Waals surface area contributed by atoms with Crippen molar-refractivity contribution in [1.82, 2.24) is 0 Å². The zero-order chi connectivity index (χ0) is 25.6. The SMILES string of the molecule is O=C1C(=O)N(c2cccc(C(F)(F)F)c2)C(c2ccc(O)cc2)/C1=C(/O)c1cccc2ccccc12. The van der Waals surface area contributed by atoms with Gasteiger partial charge in [-0.15, -0.1) is 0 Å². The van der Waals surface area contributed by atoms with Crippen LogP contribution >= 0.6 is 0 Å². The number of phenolic OH excluding ortho intramolecular Hbond substituents is 1. The van der Waals surface area contributed by atoms with Gasteiger partial charge < -0.3 is 10.2 Å². The van der Waals surface area contributed by atoms with Gasteiger partial charge in [-0.1, -0.05) is 60.7 Å². The number of aliphatic hydroxyl groups excluding tert-OH is 1. The number of amides is 1. The summed E-state index contributed by atoms with van der Waals surface area (Å²) < 4.78 is 40.3. The van der Waals surface area contributed by atoms with Crippen LogP contribution in [0.5, 0.6) is 5.75 Å². The molecule has 1 unspecified atom stereocenters. The average Bonchev–Trinajstić information content (AvgIpc) is 3.13. The molecular formula is C28H18F3NO4. The van der Waals surface area contributed by atoms with Crippen LogP contribution in [0.3, 0.4) is 0 Å². The van der Waals surface area contributed by atoms with E-state index < -0.39 is 35.2 Å². The number of nitrogens with zero attached hydrogens (tertiary/aromatic N) is 1. The number of alkyl halides is 3. The summed E-state index contributed by atoms with van der Waals surface area (Å²) in [4.78, 5) is 27.5. The van der Waals surface area contributed by atoms with Crippen LogP contribution in [0, 0.1) is 0 Å². The molecule has 36 heavy (non-hydrogen) atoms. The number of benzene rings is 4. The van der Waals surface area contributed by atoms with Crippen LogP contribution < -0.4 is 4.90 Å². The average molecular weight is 489 g/mol. The van der Waals surface area contributed by atoms with Crippen LogP contribution in [0.1, 0.15) is 22.7 Å². The van der Waals surface area contributed by atoms with Crippen LogP contribution in [0.15, 0.2) is 96.6 Å². The minimum atomic E-state index is -4.67. The molecule has 0 radical (unpaired) electrons. The van der Waals surface area contributed by atoms with E-state index in [1.807, 2.05) is 18.2 Å². The maximum Gasteiger partial charge on any atom is 0.416 e. The summed E-state index contributed by atoms with van der Waals surface area (Å²) in [5.74, 6) is -2.63. The number of carbonyl (C=O) groups excluding carboxylic acids is 2. The van der Waals surface area contributed by atoms with E-state index in [-0.39, 0.29) is 17.0 Å². The Labute approximate surface area is 203 Å². The lowest BCUT2D eigenvalue weighted by atomic mass is 9.93. The van der Waals surface area contributed by atoms with E-state index in [0.717, 1.165) is 28.5 Å². The smallest absolute Gasteiger partial charge is 0.416 e. The van der Waals surface area contributed by atoms with Crippen molar-refractivity contribution in [3.8, 4) is 5.75 Å². The van der Waals surface area contributed by atoms with Crippen LogP contribution in [0.4, 0.5) is 18.9 Å². The molecule has 1 aliphatic heterocycles. The number of halogens is 3. The topological polar surface area (TPSA) is 77.8 Å². The second-order valence-corrected chi connectivity index (χ2v) is 8.34. The molecule has 4 aromatic carbocycles. The molecule has 5 nitrogen and oxygen atoms in total. The molecule has 8 heteroatoms. The first-order chi connectivity index (χ1) is 17.2. The van der Waals surface area contributed by atoms with Crippen molar-refractivity contribution in [2.75, 3.05) is 4.90 Å². The van der Waals surface area contributed by atoms with Gasteiger partial charge in [0.05, 0.1) is 17.2 Å². The summed E-state index contributed by atoms with van der Waals surface area (Å²) in [5, 5.41) is 22.6. The van der Waals surface area contributed by atoms with Crippen LogP contribution in [-0.4, -0.2) is 21.9 Å². The minimum Gasteiger partial charge on any atom is -0.508 e. The first kappa shape index (κ1) is 23.2. The highest BCUT2D eigenvalue weighted by atomic mass is 19.4. The van der Waals surface area contributed by atoms with Crippen LogP contribution in [0.2, 0.25) is 0 Å². The quantitative estimate of drug-likeness (QED) is 0.204. The Morgan fingerprint density at radius 2 is 1.50 bits per heavy atom. The van der Waals surface area contributed by atoms with Gasteiger partial charge in [-0.2, -0.15) is 13.2 Å². The number of hydrogen-bond acceptors (Lipinski definition) is 4. The van der Waals surface area contributed by atoms with Crippen LogP contribution in [0.25, 0.3) is 16.5 Å². The normalized spacial score (nSPS) is 17.6. The second-order valence-electron chi connectivity index (χ2n) is 8.34. The summed E-state index contributed by atoms with van der Waals surface area (Å²) >= 11 is 0. The molecular weight excluding hydrogens is 471 g/mol. The van der Waals surface area contributed by atoms with E-state index in [0.29, 0.717) is 16.5 Å². The van der Waals surface area contributed by atoms with Gasteiger partial charge in [-0.05, 0) is 46.7 Å². The molecule has 5 rings (SSSR count). The third-order valence-electron chi connectivity index (χ3n) is 6.15. The Hall–Kier alpha value is -4.59. The van der Waals surface area contributed by atoms with Gasteiger partial charge in [0.2, 0.25) is 0 Å². The van der Waals surface area contributed by atoms with E-state index in [1.165, 1.54) is 30.3 Å². The fourth-order valence-corrected chi connectivity index (χ4v) is 4.48. The summed E-state index contributed by atoms with van der Waals surface area (Å²) in [5.41, 5.74) is -0.771. The van der Waals surface area contributed by atoms with E-state index >= 15 is 0 Å². The number of rotatable bonds is 3. The number of hydrogen-bond donors (Lipinski definition) is 2. The van der Waals surface area contributed by atoms with Gasteiger partial charge in [0.25, 0.3) is 11.7 Å². The molecule has 0 saturated carbocycles. The molecule has 180 valence electrons. The lowest BCUT2D eigenvalue weighted by molar-refractivity contribution is -0.137. The Morgan fingerprint density at radius 1 is 0.833 bits per heavy atom. The number of phenols is 1. The molecule has 4 aromatic rings. The zero-order valence-electron chi connectivity index (χ0n) is 18.5. The maximum absolute atomic E-state index is 13.4. The third-order valence-corrected chi connectivity index (χ3v) is 6.15. The summed E-state index contributed by atoms with van der Waals surface area (Å²) in [6.07, 6.45) is -4.67. The highest BCUT2D eigenvalue weighted by Crippen LogP contribution is 2.44. The van der Waals surface area contributed by atoms with Crippen molar-refractivity contribution < 1.29 is 33.0 Å². The Balaban J connectivity index is 1.76. The Kier molecular flexibility index (Phi) is 5.51. The number of carbonyl (C=O) groups is 2. The van der Waals surface area contributed by atoms with E-state index in [1.54, 1.807) is 24.3 Å². The van der Waals surface area contributed by atoms with Crippen LogP contribution in [-0.2, 0) is 15.8 Å². The standard InChI is InChI=1S/C28H18F3NO4/c29-28(30,31)18-7-4-8-19(15-18)32-24(17-11-13-20(33)14-12-17)23(26(35)27(32)36)25(34)22-10-3-6-16-5-1-2-9-21(16)22/h1-15,24,33-34H/b25-23-. The highest BCUT2D eigenvalue weighted by molar-refractivity contribution is 6.51. The van der Waals surface area contributed by atoms with Crippen molar-refractivity contribution >= 4 is 33.9 Å². The Morgan fingerprint density at radius 3 is 2.22 bits per heavy atom. The van der Waals surface area contributed by atoms with E-state index in [4.69, 9.17) is 0 Å². The van der Waals surface area contributed by atoms with Gasteiger partial charge in [-0.25, -0.2) is 0 Å². The minimum absolute atomic E-state index is 0.0798. The van der Waals surface area contributed by atoms with Crippen molar-refractivity contribution in [2.45, 2.75) is 12.2 Å². The monoisotopic (exact) mass is 489 g/mol. The van der Waals surface area contributed by atoms with Crippen molar-refractivity contribution in [3.05, 3.63) is 113 Å². The summed E-state index contributed by atoms with van der Waals surface area (Å²) in [6.45, 7) is 0. The summed E-state index contributed by atoms with van der Waals surface area (Å²) in [7, 11) is 0. The molecule has 0 spiro atoms.